The average Bonchev–Trinajstić information content (AvgIpc) is 3.06. The molecule has 218 valence electrons. The number of fused-ring (bicyclic) bond motifs is 1. The molecule has 41 heavy (non-hydrogen) atoms. The fourth-order valence-corrected chi connectivity index (χ4v) is 4.50. The second kappa shape index (κ2) is 12.9. The van der Waals surface area contributed by atoms with E-state index in [1.54, 1.807) is 23.0 Å². The van der Waals surface area contributed by atoms with E-state index in [1.807, 2.05) is 94.2 Å². The molecule has 4 rings (SSSR count). The smallest absolute Gasteiger partial charge is 0.410 e. The fraction of sp³-hybridized carbons (Fsp3) is 0.419. The van der Waals surface area contributed by atoms with Gasteiger partial charge in [-0.15, -0.1) is 0 Å². The van der Waals surface area contributed by atoms with Crippen molar-refractivity contribution in [3.05, 3.63) is 71.9 Å². The zero-order chi connectivity index (χ0) is 29.6. The van der Waals surface area contributed by atoms with Crippen LogP contribution in [0.1, 0.15) is 56.1 Å². The number of amides is 2. The van der Waals surface area contributed by atoms with Crippen molar-refractivity contribution in [2.75, 3.05) is 55.4 Å². The standard InChI is InChI=1S/C31H40N6O4/c1-7-32-29-33-21-25-27(34-29)35(5)18-19-37(28(25)38)23-14-11-15-24(20-23)40-26(22-12-9-8-10-13-22)16-17-36(6)30(39)41-31(2,3)4/h8-15,20-21,26H,7,16-19H2,1-6H3,(H,32,33,34)/t26-/m0/s1. The third-order valence-corrected chi connectivity index (χ3v) is 6.61. The monoisotopic (exact) mass is 560 g/mol. The Kier molecular flexibility index (Phi) is 9.31. The van der Waals surface area contributed by atoms with Crippen LogP contribution >= 0.6 is 0 Å². The van der Waals surface area contributed by atoms with Gasteiger partial charge in [0.05, 0.1) is 0 Å². The van der Waals surface area contributed by atoms with E-state index in [0.717, 1.165) is 11.3 Å². The summed E-state index contributed by atoms with van der Waals surface area (Å²) in [7, 11) is 3.65. The molecule has 1 N–H and O–H groups in total. The lowest BCUT2D eigenvalue weighted by molar-refractivity contribution is 0.0278. The molecule has 1 aliphatic rings. The molecular weight excluding hydrogens is 520 g/mol. The number of likely N-dealkylation sites (N-methyl/N-ethyl adjacent to an activating group) is 1. The van der Waals surface area contributed by atoms with E-state index in [0.29, 0.717) is 55.7 Å². The van der Waals surface area contributed by atoms with E-state index in [4.69, 9.17) is 9.47 Å². The van der Waals surface area contributed by atoms with Crippen LogP contribution in [0.3, 0.4) is 0 Å². The molecule has 0 saturated carbocycles. The van der Waals surface area contributed by atoms with Gasteiger partial charge in [-0.05, 0) is 45.4 Å². The summed E-state index contributed by atoms with van der Waals surface area (Å²) in [5.41, 5.74) is 1.60. The minimum absolute atomic E-state index is 0.164. The van der Waals surface area contributed by atoms with E-state index < -0.39 is 5.60 Å². The molecule has 1 aliphatic heterocycles. The van der Waals surface area contributed by atoms with Crippen LogP contribution in [0.25, 0.3) is 0 Å². The second-order valence-corrected chi connectivity index (χ2v) is 11.0. The molecule has 10 nitrogen and oxygen atoms in total. The summed E-state index contributed by atoms with van der Waals surface area (Å²) in [6.45, 7) is 9.74. The second-order valence-electron chi connectivity index (χ2n) is 11.0. The minimum atomic E-state index is -0.567. The topological polar surface area (TPSA) is 100 Å². The largest absolute Gasteiger partial charge is 0.486 e. The van der Waals surface area contributed by atoms with Crippen LogP contribution in [-0.2, 0) is 4.74 Å². The Labute approximate surface area is 242 Å². The molecule has 1 aromatic heterocycles. The van der Waals surface area contributed by atoms with Crippen molar-refractivity contribution in [1.29, 1.82) is 0 Å². The summed E-state index contributed by atoms with van der Waals surface area (Å²) in [4.78, 5) is 40.4. The van der Waals surface area contributed by atoms with Crippen LogP contribution < -0.4 is 19.9 Å². The molecule has 2 heterocycles. The Hall–Kier alpha value is -4.34. The molecule has 2 amide bonds. The summed E-state index contributed by atoms with van der Waals surface area (Å²) in [6.07, 6.45) is 1.44. The van der Waals surface area contributed by atoms with Crippen molar-refractivity contribution < 1.29 is 19.1 Å². The molecule has 3 aromatic rings. The molecule has 1 atom stereocenters. The Morgan fingerprint density at radius 3 is 2.59 bits per heavy atom. The molecule has 0 fully saturated rings. The first-order chi connectivity index (χ1) is 19.6. The van der Waals surface area contributed by atoms with Crippen LogP contribution in [0.2, 0.25) is 0 Å². The maximum Gasteiger partial charge on any atom is 0.410 e. The predicted octanol–water partition coefficient (Wildman–Crippen LogP) is 5.38. The summed E-state index contributed by atoms with van der Waals surface area (Å²) in [5.74, 6) is 1.57. The number of hydrogen-bond donors (Lipinski definition) is 1. The first kappa shape index (κ1) is 29.6. The zero-order valence-electron chi connectivity index (χ0n) is 24.8. The van der Waals surface area contributed by atoms with Gasteiger partial charge in [-0.25, -0.2) is 9.78 Å². The molecule has 0 bridgehead atoms. The van der Waals surface area contributed by atoms with Crippen molar-refractivity contribution in [3.63, 3.8) is 0 Å². The van der Waals surface area contributed by atoms with E-state index in [-0.39, 0.29) is 18.1 Å². The minimum Gasteiger partial charge on any atom is -0.486 e. The lowest BCUT2D eigenvalue weighted by atomic mass is 10.1. The molecule has 0 unspecified atom stereocenters. The maximum atomic E-state index is 13.7. The highest BCUT2D eigenvalue weighted by Gasteiger charge is 2.28. The molecule has 0 aliphatic carbocycles. The van der Waals surface area contributed by atoms with Gasteiger partial charge in [-0.2, -0.15) is 4.98 Å². The van der Waals surface area contributed by atoms with Gasteiger partial charge in [-0.3, -0.25) is 4.79 Å². The Balaban J connectivity index is 1.54. The van der Waals surface area contributed by atoms with Crippen molar-refractivity contribution in [2.24, 2.45) is 0 Å². The lowest BCUT2D eigenvalue weighted by Crippen LogP contribution is -2.35. The number of hydrogen-bond acceptors (Lipinski definition) is 8. The Bertz CT molecular complexity index is 1340. The normalized spacial score (nSPS) is 14.1. The van der Waals surface area contributed by atoms with Gasteiger partial charge in [0, 0.05) is 64.6 Å². The van der Waals surface area contributed by atoms with E-state index in [1.165, 1.54) is 0 Å². The quantitative estimate of drug-likeness (QED) is 0.372. The summed E-state index contributed by atoms with van der Waals surface area (Å²) in [5, 5.41) is 3.11. The highest BCUT2D eigenvalue weighted by atomic mass is 16.6. The van der Waals surface area contributed by atoms with Crippen LogP contribution in [0.5, 0.6) is 5.75 Å². The first-order valence-corrected chi connectivity index (χ1v) is 14.0. The number of nitrogens with one attached hydrogen (secondary N) is 1. The first-order valence-electron chi connectivity index (χ1n) is 14.0. The van der Waals surface area contributed by atoms with Crippen LogP contribution in [-0.4, -0.2) is 72.7 Å². The van der Waals surface area contributed by atoms with E-state index in [9.17, 15) is 9.59 Å². The molecular formula is C31H40N6O4. The fourth-order valence-electron chi connectivity index (χ4n) is 4.50. The molecule has 10 heteroatoms. The highest BCUT2D eigenvalue weighted by molar-refractivity contribution is 6.09. The van der Waals surface area contributed by atoms with Gasteiger partial charge in [0.1, 0.15) is 28.8 Å². The van der Waals surface area contributed by atoms with Gasteiger partial charge >= 0.3 is 6.09 Å². The predicted molar refractivity (Wildman–Crippen MR) is 161 cm³/mol. The van der Waals surface area contributed by atoms with Crippen LogP contribution in [0, 0.1) is 0 Å². The van der Waals surface area contributed by atoms with E-state index >= 15 is 0 Å². The number of carbonyl (C=O) groups is 2. The Morgan fingerprint density at radius 2 is 1.88 bits per heavy atom. The van der Waals surface area contributed by atoms with Crippen molar-refractivity contribution in [3.8, 4) is 5.75 Å². The van der Waals surface area contributed by atoms with Gasteiger partial charge in [0.25, 0.3) is 5.91 Å². The van der Waals surface area contributed by atoms with Crippen LogP contribution in [0.4, 0.5) is 22.2 Å². The lowest BCUT2D eigenvalue weighted by Gasteiger charge is -2.27. The molecule has 0 saturated heterocycles. The maximum absolute atomic E-state index is 13.7. The highest BCUT2D eigenvalue weighted by Crippen LogP contribution is 2.31. The third kappa shape index (κ3) is 7.65. The number of carbonyl (C=O) groups excluding carboxylic acids is 2. The number of anilines is 3. The SMILES string of the molecule is CCNc1ncc2c(n1)N(C)CCN(c1cccc(O[C@@H](CCN(C)C(=O)OC(C)(C)C)c3ccccc3)c1)C2=O. The van der Waals surface area contributed by atoms with Gasteiger partial charge < -0.3 is 29.5 Å². The number of rotatable bonds is 9. The summed E-state index contributed by atoms with van der Waals surface area (Å²) < 4.78 is 12.0. The average molecular weight is 561 g/mol. The van der Waals surface area contributed by atoms with Crippen molar-refractivity contribution in [2.45, 2.75) is 45.8 Å². The summed E-state index contributed by atoms with van der Waals surface area (Å²) >= 11 is 0. The number of aromatic nitrogens is 2. The van der Waals surface area contributed by atoms with Crippen LogP contribution in [0.15, 0.2) is 60.8 Å². The van der Waals surface area contributed by atoms with Gasteiger partial charge in [-0.1, -0.05) is 36.4 Å². The zero-order valence-corrected chi connectivity index (χ0v) is 24.8. The van der Waals surface area contributed by atoms with Crippen molar-refractivity contribution in [1.82, 2.24) is 14.9 Å². The third-order valence-electron chi connectivity index (χ3n) is 6.61. The van der Waals surface area contributed by atoms with Gasteiger partial charge in [0.15, 0.2) is 0 Å². The molecule has 0 radical (unpaired) electrons. The molecule has 2 aromatic carbocycles. The summed E-state index contributed by atoms with van der Waals surface area (Å²) in [6, 6.07) is 17.4. The van der Waals surface area contributed by atoms with Crippen molar-refractivity contribution >= 4 is 29.5 Å². The van der Waals surface area contributed by atoms with E-state index in [2.05, 4.69) is 15.3 Å². The molecule has 0 spiro atoms. The number of ether oxygens (including phenoxy) is 2. The Morgan fingerprint density at radius 1 is 1.12 bits per heavy atom. The number of benzene rings is 2. The number of nitrogens with zero attached hydrogens (tertiary/aromatic N) is 5. The van der Waals surface area contributed by atoms with Gasteiger partial charge in [0.2, 0.25) is 5.95 Å².